The molecular weight excluding hydrogens is 308 g/mol. The van der Waals surface area contributed by atoms with E-state index < -0.39 is 10.8 Å². The van der Waals surface area contributed by atoms with Crippen molar-refractivity contribution in [1.29, 1.82) is 0 Å². The van der Waals surface area contributed by atoms with Gasteiger partial charge in [0, 0.05) is 34.9 Å². The van der Waals surface area contributed by atoms with E-state index in [2.05, 4.69) is 41.0 Å². The Kier molecular flexibility index (Phi) is 6.16. The molecule has 0 aromatic heterocycles. The van der Waals surface area contributed by atoms with Crippen LogP contribution in [0.15, 0.2) is 42.5 Å². The van der Waals surface area contributed by atoms with Gasteiger partial charge in [-0.2, -0.15) is 0 Å². The average molecular weight is 332 g/mol. The van der Waals surface area contributed by atoms with Gasteiger partial charge in [0.15, 0.2) is 0 Å². The van der Waals surface area contributed by atoms with Crippen LogP contribution < -0.4 is 10.6 Å². The molecule has 0 bridgehead atoms. The number of urea groups is 1. The van der Waals surface area contributed by atoms with Crippen molar-refractivity contribution in [2.24, 2.45) is 0 Å². The van der Waals surface area contributed by atoms with Gasteiger partial charge in [-0.15, -0.1) is 0 Å². The number of hydrogen-bond acceptors (Lipinski definition) is 2. The molecule has 0 saturated carbocycles. The van der Waals surface area contributed by atoms with Crippen LogP contribution in [0.5, 0.6) is 0 Å². The molecule has 0 saturated heterocycles. The predicted molar refractivity (Wildman–Crippen MR) is 97.2 cm³/mol. The molecule has 2 rings (SSSR count). The van der Waals surface area contributed by atoms with Crippen molar-refractivity contribution >= 4 is 27.6 Å². The van der Waals surface area contributed by atoms with Gasteiger partial charge in [-0.1, -0.05) is 42.5 Å². The summed E-state index contributed by atoms with van der Waals surface area (Å²) >= 11 is 0. The molecule has 4 nitrogen and oxygen atoms in total. The number of hydrogen-bond donors (Lipinski definition) is 2. The zero-order valence-electron chi connectivity index (χ0n) is 13.8. The fraction of sp³-hybridized carbons (Fsp3) is 0.389. The van der Waals surface area contributed by atoms with Crippen LogP contribution in [0, 0.1) is 0 Å². The lowest BCUT2D eigenvalue weighted by molar-refractivity contribution is 0.235. The Bertz CT molecular complexity index is 702. The maximum absolute atomic E-state index is 11.9. The van der Waals surface area contributed by atoms with Crippen LogP contribution in [-0.4, -0.2) is 34.3 Å². The summed E-state index contributed by atoms with van der Waals surface area (Å²) in [6.07, 6.45) is 2.41. The van der Waals surface area contributed by atoms with Gasteiger partial charge in [-0.3, -0.25) is 4.21 Å². The number of carbonyl (C=O) groups excluding carboxylic acids is 1. The minimum absolute atomic E-state index is 0.0236. The molecule has 124 valence electrons. The highest BCUT2D eigenvalue weighted by Crippen LogP contribution is 2.16. The van der Waals surface area contributed by atoms with Crippen molar-refractivity contribution in [1.82, 2.24) is 10.6 Å². The van der Waals surface area contributed by atoms with Gasteiger partial charge in [0.2, 0.25) is 0 Å². The Hall–Kier alpha value is -1.88. The zero-order chi connectivity index (χ0) is 16.8. The summed E-state index contributed by atoms with van der Waals surface area (Å²) in [5.41, 5.74) is 1.19. The van der Waals surface area contributed by atoms with Crippen molar-refractivity contribution in [3.8, 4) is 0 Å². The highest BCUT2D eigenvalue weighted by atomic mass is 32.2. The van der Waals surface area contributed by atoms with Crippen LogP contribution in [0.3, 0.4) is 0 Å². The summed E-state index contributed by atoms with van der Waals surface area (Å²) in [6, 6.07) is 14.3. The van der Waals surface area contributed by atoms with E-state index >= 15 is 0 Å². The van der Waals surface area contributed by atoms with Crippen LogP contribution in [0.1, 0.15) is 19.4 Å². The molecule has 0 spiro atoms. The Morgan fingerprint density at radius 2 is 1.70 bits per heavy atom. The molecule has 2 aromatic carbocycles. The third-order valence-corrected chi connectivity index (χ3v) is 4.56. The van der Waals surface area contributed by atoms with Gasteiger partial charge >= 0.3 is 6.03 Å². The molecule has 0 fully saturated rings. The molecule has 0 radical (unpaired) electrons. The normalized spacial score (nSPS) is 14.9. The molecule has 2 N–H and O–H groups in total. The Morgan fingerprint density at radius 1 is 1.04 bits per heavy atom. The Morgan fingerprint density at radius 3 is 2.39 bits per heavy atom. The fourth-order valence-electron chi connectivity index (χ4n) is 2.65. The zero-order valence-corrected chi connectivity index (χ0v) is 14.7. The number of rotatable bonds is 6. The van der Waals surface area contributed by atoms with E-state index in [1.54, 1.807) is 6.26 Å². The highest BCUT2D eigenvalue weighted by Gasteiger charge is 2.12. The average Bonchev–Trinajstić information content (AvgIpc) is 2.45. The summed E-state index contributed by atoms with van der Waals surface area (Å²) in [6.45, 7) is 3.84. The summed E-state index contributed by atoms with van der Waals surface area (Å²) in [5.74, 6) is 0.465. The van der Waals surface area contributed by atoms with Crippen molar-refractivity contribution < 1.29 is 9.00 Å². The monoisotopic (exact) mass is 332 g/mol. The van der Waals surface area contributed by atoms with Gasteiger partial charge in [0.05, 0.1) is 0 Å². The van der Waals surface area contributed by atoms with Crippen LogP contribution in [-0.2, 0) is 17.2 Å². The summed E-state index contributed by atoms with van der Waals surface area (Å²) in [7, 11) is -0.912. The number of fused-ring (bicyclic) bond motifs is 1. The molecule has 0 heterocycles. The molecule has 0 aliphatic heterocycles. The van der Waals surface area contributed by atoms with E-state index in [1.165, 1.54) is 16.3 Å². The first kappa shape index (κ1) is 17.5. The summed E-state index contributed by atoms with van der Waals surface area (Å²) in [5, 5.41) is 8.17. The second-order valence-electron chi connectivity index (χ2n) is 6.05. The van der Waals surface area contributed by atoms with Crippen molar-refractivity contribution in [2.75, 3.05) is 12.0 Å². The lowest BCUT2D eigenvalue weighted by Gasteiger charge is -2.18. The standard InChI is InChI=1S/C18H24N2O2S/c1-13(19-18(21)20-14(2)12-23(3)22)10-15-8-9-16-6-4-5-7-17(16)11-15/h4-9,11,13-14H,10,12H2,1-3H3,(H2,19,20,21). The van der Waals surface area contributed by atoms with Gasteiger partial charge in [0.25, 0.3) is 0 Å². The number of carbonyl (C=O) groups is 1. The van der Waals surface area contributed by atoms with E-state index in [0.717, 1.165) is 6.42 Å². The quantitative estimate of drug-likeness (QED) is 0.854. The van der Waals surface area contributed by atoms with Crippen LogP contribution >= 0.6 is 0 Å². The van der Waals surface area contributed by atoms with Crippen molar-refractivity contribution in [3.05, 3.63) is 48.0 Å². The smallest absolute Gasteiger partial charge is 0.315 e. The SMILES string of the molecule is CC(Cc1ccc2ccccc2c1)NC(=O)NC(C)CS(C)=O. The van der Waals surface area contributed by atoms with E-state index in [9.17, 15) is 9.00 Å². The van der Waals surface area contributed by atoms with Crippen LogP contribution in [0.4, 0.5) is 4.79 Å². The van der Waals surface area contributed by atoms with E-state index in [0.29, 0.717) is 5.75 Å². The third kappa shape index (κ3) is 5.67. The molecule has 5 heteroatoms. The number of amides is 2. The predicted octanol–water partition coefficient (Wildman–Crippen LogP) is 2.84. The number of benzene rings is 2. The van der Waals surface area contributed by atoms with E-state index in [1.807, 2.05) is 26.0 Å². The minimum Gasteiger partial charge on any atom is -0.335 e. The molecule has 3 unspecified atom stereocenters. The molecule has 2 aromatic rings. The first-order chi connectivity index (χ1) is 10.9. The summed E-state index contributed by atoms with van der Waals surface area (Å²) < 4.78 is 11.1. The molecule has 0 aliphatic rings. The summed E-state index contributed by atoms with van der Waals surface area (Å²) in [4.78, 5) is 11.9. The molecule has 2 amide bonds. The first-order valence-electron chi connectivity index (χ1n) is 7.79. The largest absolute Gasteiger partial charge is 0.335 e. The molecular formula is C18H24N2O2S. The van der Waals surface area contributed by atoms with Crippen molar-refractivity contribution in [2.45, 2.75) is 32.4 Å². The maximum Gasteiger partial charge on any atom is 0.315 e. The van der Waals surface area contributed by atoms with Gasteiger partial charge in [-0.25, -0.2) is 4.79 Å². The Labute approximate surface area is 140 Å². The minimum atomic E-state index is -0.912. The van der Waals surface area contributed by atoms with Crippen LogP contribution in [0.25, 0.3) is 10.8 Å². The lowest BCUT2D eigenvalue weighted by atomic mass is 10.0. The fourth-order valence-corrected chi connectivity index (χ4v) is 3.44. The molecule has 23 heavy (non-hydrogen) atoms. The molecule has 3 atom stereocenters. The maximum atomic E-state index is 11.9. The Balaban J connectivity index is 1.89. The topological polar surface area (TPSA) is 58.2 Å². The second kappa shape index (κ2) is 8.11. The van der Waals surface area contributed by atoms with E-state index in [4.69, 9.17) is 0 Å². The second-order valence-corrected chi connectivity index (χ2v) is 7.53. The van der Waals surface area contributed by atoms with Crippen molar-refractivity contribution in [3.63, 3.8) is 0 Å². The van der Waals surface area contributed by atoms with Gasteiger partial charge in [-0.05, 0) is 36.6 Å². The third-order valence-electron chi connectivity index (χ3n) is 3.60. The molecule has 0 aliphatic carbocycles. The van der Waals surface area contributed by atoms with Gasteiger partial charge < -0.3 is 10.6 Å². The van der Waals surface area contributed by atoms with Gasteiger partial charge in [0.1, 0.15) is 0 Å². The number of nitrogens with one attached hydrogen (secondary N) is 2. The lowest BCUT2D eigenvalue weighted by Crippen LogP contribution is -2.46. The highest BCUT2D eigenvalue weighted by molar-refractivity contribution is 7.84. The van der Waals surface area contributed by atoms with E-state index in [-0.39, 0.29) is 18.1 Å². The first-order valence-corrected chi connectivity index (χ1v) is 9.51. The van der Waals surface area contributed by atoms with Crippen LogP contribution in [0.2, 0.25) is 0 Å².